The van der Waals surface area contributed by atoms with Crippen molar-refractivity contribution in [3.8, 4) is 0 Å². The van der Waals surface area contributed by atoms with Gasteiger partial charge in [0.1, 0.15) is 6.10 Å². The van der Waals surface area contributed by atoms with E-state index in [2.05, 4.69) is 5.43 Å². The van der Waals surface area contributed by atoms with Crippen molar-refractivity contribution in [3.63, 3.8) is 0 Å². The van der Waals surface area contributed by atoms with Gasteiger partial charge in [-0.1, -0.05) is 30.3 Å². The molecule has 1 aromatic rings. The molecule has 2 rings (SSSR count). The van der Waals surface area contributed by atoms with Gasteiger partial charge in [0.05, 0.1) is 12.6 Å². The van der Waals surface area contributed by atoms with Gasteiger partial charge in [0, 0.05) is 0 Å². The molecule has 0 spiro atoms. The predicted molar refractivity (Wildman–Crippen MR) is 71.9 cm³/mol. The fourth-order valence-corrected chi connectivity index (χ4v) is 2.14. The molecule has 1 fully saturated rings. The lowest BCUT2D eigenvalue weighted by Gasteiger charge is -2.23. The molecular weight excluding hydrogens is 260 g/mol. The van der Waals surface area contributed by atoms with Gasteiger partial charge in [0.15, 0.2) is 0 Å². The Morgan fingerprint density at radius 3 is 2.75 bits per heavy atom. The SMILES string of the molecule is CCOC(=O)NN1C(=O)O[C@H](C)[C@H]1Cc1ccccc1. The average Bonchev–Trinajstić information content (AvgIpc) is 2.67. The number of benzene rings is 1. The van der Waals surface area contributed by atoms with Crippen LogP contribution in [0, 0.1) is 0 Å². The molecule has 1 heterocycles. The van der Waals surface area contributed by atoms with Crippen molar-refractivity contribution in [1.82, 2.24) is 10.4 Å². The monoisotopic (exact) mass is 278 g/mol. The van der Waals surface area contributed by atoms with E-state index in [9.17, 15) is 9.59 Å². The van der Waals surface area contributed by atoms with Crippen LogP contribution in [0.25, 0.3) is 0 Å². The molecule has 0 aliphatic carbocycles. The van der Waals surface area contributed by atoms with Gasteiger partial charge in [-0.25, -0.2) is 20.0 Å². The van der Waals surface area contributed by atoms with Crippen LogP contribution in [-0.2, 0) is 15.9 Å². The molecule has 6 nitrogen and oxygen atoms in total. The number of hydrogen-bond donors (Lipinski definition) is 1. The highest BCUT2D eigenvalue weighted by Crippen LogP contribution is 2.21. The van der Waals surface area contributed by atoms with Crippen LogP contribution in [0.1, 0.15) is 19.4 Å². The summed E-state index contributed by atoms with van der Waals surface area (Å²) in [5.74, 6) is 0. The molecule has 1 saturated heterocycles. The molecule has 2 amide bonds. The van der Waals surface area contributed by atoms with Crippen molar-refractivity contribution in [2.24, 2.45) is 0 Å². The molecule has 0 aromatic heterocycles. The Bertz CT molecular complexity index is 477. The van der Waals surface area contributed by atoms with Gasteiger partial charge in [-0.05, 0) is 25.8 Å². The smallest absolute Gasteiger partial charge is 0.429 e. The second kappa shape index (κ2) is 6.27. The third-order valence-electron chi connectivity index (χ3n) is 3.13. The van der Waals surface area contributed by atoms with Crippen molar-refractivity contribution < 1.29 is 19.1 Å². The largest absolute Gasteiger partial charge is 0.449 e. The minimum Gasteiger partial charge on any atom is -0.449 e. The van der Waals surface area contributed by atoms with Crippen LogP contribution in [0.2, 0.25) is 0 Å². The molecule has 20 heavy (non-hydrogen) atoms. The van der Waals surface area contributed by atoms with E-state index in [1.165, 1.54) is 5.01 Å². The molecular formula is C14H18N2O4. The first-order valence-electron chi connectivity index (χ1n) is 6.59. The zero-order valence-electron chi connectivity index (χ0n) is 11.5. The third-order valence-corrected chi connectivity index (χ3v) is 3.13. The van der Waals surface area contributed by atoms with Crippen LogP contribution in [0.3, 0.4) is 0 Å². The zero-order chi connectivity index (χ0) is 14.5. The lowest BCUT2D eigenvalue weighted by atomic mass is 10.0. The maximum atomic E-state index is 11.8. The Kier molecular flexibility index (Phi) is 4.45. The van der Waals surface area contributed by atoms with Crippen molar-refractivity contribution in [2.75, 3.05) is 6.61 Å². The number of hydrogen-bond acceptors (Lipinski definition) is 4. The van der Waals surface area contributed by atoms with E-state index in [4.69, 9.17) is 9.47 Å². The molecule has 1 aliphatic rings. The molecule has 2 atom stereocenters. The number of nitrogens with zero attached hydrogens (tertiary/aromatic N) is 1. The summed E-state index contributed by atoms with van der Waals surface area (Å²) in [6.07, 6.45) is -0.923. The second-order valence-corrected chi connectivity index (χ2v) is 4.55. The summed E-state index contributed by atoms with van der Waals surface area (Å²) in [7, 11) is 0. The molecule has 0 radical (unpaired) electrons. The average molecular weight is 278 g/mol. The first kappa shape index (κ1) is 14.2. The van der Waals surface area contributed by atoms with Gasteiger partial charge in [0.25, 0.3) is 0 Å². The van der Waals surface area contributed by atoms with Crippen molar-refractivity contribution >= 4 is 12.2 Å². The highest BCUT2D eigenvalue weighted by atomic mass is 16.6. The Morgan fingerprint density at radius 2 is 2.10 bits per heavy atom. The van der Waals surface area contributed by atoms with Crippen LogP contribution in [0.15, 0.2) is 30.3 Å². The Hall–Kier alpha value is -2.24. The Morgan fingerprint density at radius 1 is 1.40 bits per heavy atom. The third kappa shape index (κ3) is 3.20. The molecule has 1 N–H and O–H groups in total. The number of cyclic esters (lactones) is 1. The molecule has 6 heteroatoms. The van der Waals surface area contributed by atoms with Crippen LogP contribution in [0.4, 0.5) is 9.59 Å². The topological polar surface area (TPSA) is 67.9 Å². The number of ether oxygens (including phenoxy) is 2. The predicted octanol–water partition coefficient (Wildman–Crippen LogP) is 2.10. The summed E-state index contributed by atoms with van der Waals surface area (Å²) in [5, 5.41) is 1.20. The van der Waals surface area contributed by atoms with Crippen LogP contribution < -0.4 is 5.43 Å². The summed E-state index contributed by atoms with van der Waals surface area (Å²) >= 11 is 0. The highest BCUT2D eigenvalue weighted by molar-refractivity contribution is 5.75. The van der Waals surface area contributed by atoms with Gasteiger partial charge < -0.3 is 9.47 Å². The first-order chi connectivity index (χ1) is 9.61. The number of amides is 2. The molecule has 1 aromatic carbocycles. The number of rotatable bonds is 4. The summed E-state index contributed by atoms with van der Waals surface area (Å²) in [6.45, 7) is 3.75. The van der Waals surface area contributed by atoms with E-state index in [1.54, 1.807) is 13.8 Å². The van der Waals surface area contributed by atoms with Crippen LogP contribution in [0.5, 0.6) is 0 Å². The van der Waals surface area contributed by atoms with Gasteiger partial charge in [0.2, 0.25) is 0 Å². The van der Waals surface area contributed by atoms with Gasteiger partial charge in [-0.3, -0.25) is 0 Å². The number of carbonyl (C=O) groups is 2. The molecule has 0 bridgehead atoms. The Balaban J connectivity index is 2.07. The minimum absolute atomic E-state index is 0.244. The summed E-state index contributed by atoms with van der Waals surface area (Å²) in [6, 6.07) is 9.48. The number of hydrazine groups is 1. The zero-order valence-corrected chi connectivity index (χ0v) is 11.5. The minimum atomic E-state index is -0.656. The summed E-state index contributed by atoms with van der Waals surface area (Å²) in [5.41, 5.74) is 3.50. The fourth-order valence-electron chi connectivity index (χ4n) is 2.14. The quantitative estimate of drug-likeness (QED) is 0.915. The van der Waals surface area contributed by atoms with E-state index in [0.717, 1.165) is 5.56 Å². The maximum Gasteiger partial charge on any atom is 0.429 e. The summed E-state index contributed by atoms with van der Waals surface area (Å²) < 4.78 is 9.94. The van der Waals surface area contributed by atoms with Gasteiger partial charge >= 0.3 is 12.2 Å². The standard InChI is InChI=1S/C14H18N2O4/c1-3-19-13(17)15-16-12(10(2)20-14(16)18)9-11-7-5-4-6-8-11/h4-8,10,12H,3,9H2,1-2H3,(H,15,17)/t10-,12-/m1/s1. The van der Waals surface area contributed by atoms with Crippen LogP contribution >= 0.6 is 0 Å². The fraction of sp³-hybridized carbons (Fsp3) is 0.429. The van der Waals surface area contributed by atoms with Gasteiger partial charge in [-0.2, -0.15) is 0 Å². The highest BCUT2D eigenvalue weighted by Gasteiger charge is 2.40. The Labute approximate surface area is 117 Å². The van der Waals surface area contributed by atoms with Crippen molar-refractivity contribution in [2.45, 2.75) is 32.4 Å². The second-order valence-electron chi connectivity index (χ2n) is 4.55. The molecule has 1 aliphatic heterocycles. The van der Waals surface area contributed by atoms with E-state index in [1.807, 2.05) is 30.3 Å². The van der Waals surface area contributed by atoms with E-state index in [-0.39, 0.29) is 18.8 Å². The first-order valence-corrected chi connectivity index (χ1v) is 6.59. The lowest BCUT2D eigenvalue weighted by molar-refractivity contribution is 0.106. The van der Waals surface area contributed by atoms with Gasteiger partial charge in [-0.15, -0.1) is 0 Å². The van der Waals surface area contributed by atoms with Crippen molar-refractivity contribution in [1.29, 1.82) is 0 Å². The van der Waals surface area contributed by atoms with E-state index in [0.29, 0.717) is 6.42 Å². The number of carbonyl (C=O) groups excluding carboxylic acids is 2. The molecule has 108 valence electrons. The normalized spacial score (nSPS) is 21.5. The lowest BCUT2D eigenvalue weighted by Crippen LogP contribution is -2.49. The summed E-state index contributed by atoms with van der Waals surface area (Å²) in [4.78, 5) is 23.2. The van der Waals surface area contributed by atoms with Crippen molar-refractivity contribution in [3.05, 3.63) is 35.9 Å². The molecule has 0 saturated carbocycles. The molecule has 0 unspecified atom stereocenters. The van der Waals surface area contributed by atoms with E-state index >= 15 is 0 Å². The van der Waals surface area contributed by atoms with E-state index < -0.39 is 12.2 Å². The maximum absolute atomic E-state index is 11.8. The number of nitrogens with one attached hydrogen (secondary N) is 1. The van der Waals surface area contributed by atoms with Crippen LogP contribution in [-0.4, -0.2) is 35.9 Å².